The molecule has 0 fully saturated rings. The van der Waals surface area contributed by atoms with Crippen molar-refractivity contribution in [3.8, 4) is 0 Å². The molecule has 0 saturated carbocycles. The van der Waals surface area contributed by atoms with E-state index in [-0.39, 0.29) is 18.4 Å². The molecule has 2 rings (SSSR count). The molecule has 0 saturated heterocycles. The third-order valence-corrected chi connectivity index (χ3v) is 2.77. The summed E-state index contributed by atoms with van der Waals surface area (Å²) in [5.41, 5.74) is 6.56. The molecule has 0 aliphatic carbocycles. The molecule has 0 bridgehead atoms. The molecule has 1 aromatic carbocycles. The summed E-state index contributed by atoms with van der Waals surface area (Å²) < 4.78 is 1.44. The van der Waals surface area contributed by atoms with Crippen molar-refractivity contribution < 1.29 is 9.59 Å². The third kappa shape index (κ3) is 3.82. The summed E-state index contributed by atoms with van der Waals surface area (Å²) in [7, 11) is 3.35. The Bertz CT molecular complexity index is 663. The maximum atomic E-state index is 11.9. The van der Waals surface area contributed by atoms with Crippen LogP contribution >= 0.6 is 0 Å². The number of rotatable bonds is 4. The molecule has 2 aromatic rings. The van der Waals surface area contributed by atoms with E-state index in [1.165, 1.54) is 9.58 Å². The Morgan fingerprint density at radius 2 is 2.10 bits per heavy atom. The quantitative estimate of drug-likeness (QED) is 0.870. The second kappa shape index (κ2) is 6.08. The SMILES string of the molecule is CN(C)C(=O)c1cccc(NC(=O)Cn2ccc(N)n2)c1. The number of nitrogens with one attached hydrogen (secondary N) is 1. The Labute approximate surface area is 122 Å². The van der Waals surface area contributed by atoms with Crippen molar-refractivity contribution in [3.05, 3.63) is 42.1 Å². The van der Waals surface area contributed by atoms with Gasteiger partial charge >= 0.3 is 0 Å². The fourth-order valence-electron chi connectivity index (χ4n) is 1.80. The van der Waals surface area contributed by atoms with Crippen molar-refractivity contribution in [1.82, 2.24) is 14.7 Å². The normalized spacial score (nSPS) is 10.2. The number of carbonyl (C=O) groups is 2. The van der Waals surface area contributed by atoms with Gasteiger partial charge in [-0.15, -0.1) is 0 Å². The van der Waals surface area contributed by atoms with E-state index in [0.717, 1.165) is 0 Å². The molecular formula is C14H17N5O2. The van der Waals surface area contributed by atoms with E-state index >= 15 is 0 Å². The van der Waals surface area contributed by atoms with Gasteiger partial charge < -0.3 is 16.0 Å². The van der Waals surface area contributed by atoms with Crippen LogP contribution in [0.5, 0.6) is 0 Å². The van der Waals surface area contributed by atoms with Crippen molar-refractivity contribution in [1.29, 1.82) is 0 Å². The fraction of sp³-hybridized carbons (Fsp3) is 0.214. The first-order valence-corrected chi connectivity index (χ1v) is 6.36. The van der Waals surface area contributed by atoms with Crippen LogP contribution in [0, 0.1) is 0 Å². The Morgan fingerprint density at radius 3 is 2.71 bits per heavy atom. The highest BCUT2D eigenvalue weighted by molar-refractivity contribution is 5.96. The van der Waals surface area contributed by atoms with Gasteiger partial charge in [-0.05, 0) is 24.3 Å². The fourth-order valence-corrected chi connectivity index (χ4v) is 1.80. The van der Waals surface area contributed by atoms with Gasteiger partial charge in [-0.2, -0.15) is 5.10 Å². The number of nitrogens with zero attached hydrogens (tertiary/aromatic N) is 3. The maximum Gasteiger partial charge on any atom is 0.253 e. The van der Waals surface area contributed by atoms with Crippen LogP contribution in [-0.4, -0.2) is 40.6 Å². The van der Waals surface area contributed by atoms with Crippen LogP contribution in [0.25, 0.3) is 0 Å². The van der Waals surface area contributed by atoms with Gasteiger partial charge in [0.15, 0.2) is 0 Å². The van der Waals surface area contributed by atoms with Crippen LogP contribution in [0.4, 0.5) is 11.5 Å². The minimum Gasteiger partial charge on any atom is -0.382 e. The van der Waals surface area contributed by atoms with Crippen LogP contribution in [0.1, 0.15) is 10.4 Å². The molecule has 7 heteroatoms. The van der Waals surface area contributed by atoms with Gasteiger partial charge in [-0.1, -0.05) is 6.07 Å². The van der Waals surface area contributed by atoms with Crippen LogP contribution in [-0.2, 0) is 11.3 Å². The lowest BCUT2D eigenvalue weighted by Crippen LogP contribution is -2.22. The van der Waals surface area contributed by atoms with Crippen molar-refractivity contribution in [2.75, 3.05) is 25.1 Å². The maximum absolute atomic E-state index is 11.9. The van der Waals surface area contributed by atoms with E-state index in [9.17, 15) is 9.59 Å². The highest BCUT2D eigenvalue weighted by Crippen LogP contribution is 2.12. The van der Waals surface area contributed by atoms with Gasteiger partial charge in [-0.3, -0.25) is 14.3 Å². The number of nitrogen functional groups attached to an aromatic ring is 1. The van der Waals surface area contributed by atoms with Crippen LogP contribution in [0.3, 0.4) is 0 Å². The highest BCUT2D eigenvalue weighted by atomic mass is 16.2. The number of nitrogens with two attached hydrogens (primary N) is 1. The minimum absolute atomic E-state index is 0.0586. The highest BCUT2D eigenvalue weighted by Gasteiger charge is 2.10. The molecule has 0 atom stereocenters. The number of hydrogen-bond acceptors (Lipinski definition) is 4. The van der Waals surface area contributed by atoms with Gasteiger partial charge in [0.2, 0.25) is 5.91 Å². The molecule has 110 valence electrons. The first-order valence-electron chi connectivity index (χ1n) is 6.36. The van der Waals surface area contributed by atoms with E-state index in [1.807, 2.05) is 0 Å². The summed E-state index contributed by atoms with van der Waals surface area (Å²) in [4.78, 5) is 25.2. The molecule has 0 aliphatic rings. The molecule has 2 amide bonds. The Balaban J connectivity index is 2.04. The number of amides is 2. The summed E-state index contributed by atoms with van der Waals surface area (Å²) in [6.45, 7) is 0.0586. The third-order valence-electron chi connectivity index (χ3n) is 2.77. The second-order valence-corrected chi connectivity index (χ2v) is 4.77. The first-order chi connectivity index (χ1) is 9.95. The van der Waals surface area contributed by atoms with Gasteiger partial charge in [-0.25, -0.2) is 0 Å². The molecule has 0 spiro atoms. The zero-order chi connectivity index (χ0) is 15.4. The lowest BCUT2D eigenvalue weighted by Gasteiger charge is -2.11. The van der Waals surface area contributed by atoms with Gasteiger partial charge in [0.25, 0.3) is 5.91 Å². The van der Waals surface area contributed by atoms with Crippen LogP contribution < -0.4 is 11.1 Å². The second-order valence-electron chi connectivity index (χ2n) is 4.77. The van der Waals surface area contributed by atoms with E-state index in [0.29, 0.717) is 17.1 Å². The molecule has 1 heterocycles. The summed E-state index contributed by atoms with van der Waals surface area (Å²) >= 11 is 0. The zero-order valence-electron chi connectivity index (χ0n) is 11.9. The summed E-state index contributed by atoms with van der Waals surface area (Å²) in [6.07, 6.45) is 1.63. The predicted molar refractivity (Wildman–Crippen MR) is 79.7 cm³/mol. The monoisotopic (exact) mass is 287 g/mol. The molecular weight excluding hydrogens is 270 g/mol. The molecule has 0 aliphatic heterocycles. The standard InChI is InChI=1S/C14H17N5O2/c1-18(2)14(21)10-4-3-5-11(8-10)16-13(20)9-19-7-6-12(15)17-19/h3-8H,9H2,1-2H3,(H2,15,17)(H,16,20). The molecule has 1 aromatic heterocycles. The Hall–Kier alpha value is -2.83. The number of benzene rings is 1. The first kappa shape index (κ1) is 14.6. The topological polar surface area (TPSA) is 93.2 Å². The Morgan fingerprint density at radius 1 is 1.33 bits per heavy atom. The lowest BCUT2D eigenvalue weighted by atomic mass is 10.2. The van der Waals surface area contributed by atoms with Crippen molar-refractivity contribution in [3.63, 3.8) is 0 Å². The largest absolute Gasteiger partial charge is 0.382 e. The molecule has 0 unspecified atom stereocenters. The number of anilines is 2. The molecule has 7 nitrogen and oxygen atoms in total. The van der Waals surface area contributed by atoms with E-state index < -0.39 is 0 Å². The molecule has 21 heavy (non-hydrogen) atoms. The van der Waals surface area contributed by atoms with Crippen LogP contribution in [0.15, 0.2) is 36.5 Å². The van der Waals surface area contributed by atoms with Crippen molar-refractivity contribution >= 4 is 23.3 Å². The van der Waals surface area contributed by atoms with E-state index in [1.54, 1.807) is 50.6 Å². The lowest BCUT2D eigenvalue weighted by molar-refractivity contribution is -0.116. The molecule has 0 radical (unpaired) electrons. The summed E-state index contributed by atoms with van der Waals surface area (Å²) in [6, 6.07) is 8.40. The van der Waals surface area contributed by atoms with Gasteiger partial charge in [0, 0.05) is 31.5 Å². The predicted octanol–water partition coefficient (Wildman–Crippen LogP) is 0.806. The average Bonchev–Trinajstić information content (AvgIpc) is 2.83. The average molecular weight is 287 g/mol. The summed E-state index contributed by atoms with van der Waals surface area (Å²) in [5, 5.41) is 6.66. The number of carbonyl (C=O) groups excluding carboxylic acids is 2. The smallest absolute Gasteiger partial charge is 0.253 e. The van der Waals surface area contributed by atoms with Gasteiger partial charge in [0.1, 0.15) is 12.4 Å². The Kier molecular flexibility index (Phi) is 4.22. The zero-order valence-corrected chi connectivity index (χ0v) is 11.9. The number of aromatic nitrogens is 2. The van der Waals surface area contributed by atoms with Crippen LogP contribution in [0.2, 0.25) is 0 Å². The van der Waals surface area contributed by atoms with Crippen molar-refractivity contribution in [2.45, 2.75) is 6.54 Å². The molecule has 3 N–H and O–H groups in total. The van der Waals surface area contributed by atoms with Crippen molar-refractivity contribution in [2.24, 2.45) is 0 Å². The van der Waals surface area contributed by atoms with E-state index in [2.05, 4.69) is 10.4 Å². The summed E-state index contributed by atoms with van der Waals surface area (Å²) in [5.74, 6) is -0.000113. The minimum atomic E-state index is -0.243. The van der Waals surface area contributed by atoms with Gasteiger partial charge in [0.05, 0.1) is 0 Å². The number of hydrogen-bond donors (Lipinski definition) is 2. The van der Waals surface area contributed by atoms with E-state index in [4.69, 9.17) is 5.73 Å².